The van der Waals surface area contributed by atoms with Gasteiger partial charge in [0.1, 0.15) is 0 Å². The number of aliphatic imine (C=N–C) groups is 1. The fraction of sp³-hybridized carbons (Fsp3) is 0.455. The van der Waals surface area contributed by atoms with Gasteiger partial charge in [-0.25, -0.2) is 4.98 Å². The summed E-state index contributed by atoms with van der Waals surface area (Å²) < 4.78 is 2.23. The Morgan fingerprint density at radius 1 is 1.41 bits per heavy atom. The van der Waals surface area contributed by atoms with Gasteiger partial charge in [-0.2, -0.15) is 0 Å². The molecule has 1 fully saturated rings. The van der Waals surface area contributed by atoms with Crippen LogP contribution in [0.2, 0.25) is 5.02 Å². The van der Waals surface area contributed by atoms with Gasteiger partial charge >= 0.3 is 0 Å². The van der Waals surface area contributed by atoms with E-state index in [1.807, 2.05) is 30.7 Å². The fourth-order valence-corrected chi connectivity index (χ4v) is 4.33. The molecule has 154 valence electrons. The van der Waals surface area contributed by atoms with Crippen molar-refractivity contribution in [3.05, 3.63) is 53.7 Å². The Morgan fingerprint density at radius 2 is 2.31 bits per heavy atom. The maximum absolute atomic E-state index is 6.18. The smallest absolute Gasteiger partial charge is 0.193 e. The summed E-state index contributed by atoms with van der Waals surface area (Å²) in [5.74, 6) is 1.63. The number of halogens is 1. The molecule has 29 heavy (non-hydrogen) atoms. The van der Waals surface area contributed by atoms with Crippen molar-refractivity contribution in [2.45, 2.75) is 32.7 Å². The molecule has 0 aliphatic carbocycles. The summed E-state index contributed by atoms with van der Waals surface area (Å²) in [5.41, 5.74) is 2.37. The monoisotopic (exact) mass is 412 g/mol. The molecular formula is C22H29ClN6. The Morgan fingerprint density at radius 3 is 3.10 bits per heavy atom. The number of likely N-dealkylation sites (tertiary alicyclic amines) is 1. The normalized spacial score (nSPS) is 20.4. The Bertz CT molecular complexity index is 961. The Hall–Kier alpha value is -2.47. The largest absolute Gasteiger partial charge is 0.361 e. The van der Waals surface area contributed by atoms with Crippen LogP contribution in [0, 0.1) is 5.92 Å². The number of aromatic nitrogens is 3. The van der Waals surface area contributed by atoms with Crippen LogP contribution in [-0.2, 0) is 6.42 Å². The number of hydrogen-bond donors (Lipinski definition) is 2. The van der Waals surface area contributed by atoms with E-state index in [-0.39, 0.29) is 0 Å². The van der Waals surface area contributed by atoms with Gasteiger partial charge in [0.05, 0.1) is 12.4 Å². The molecular weight excluding hydrogens is 384 g/mol. The highest BCUT2D eigenvalue weighted by molar-refractivity contribution is 6.31. The van der Waals surface area contributed by atoms with Gasteiger partial charge in [-0.15, -0.1) is 0 Å². The second kappa shape index (κ2) is 8.91. The molecule has 6 nitrogen and oxygen atoms in total. The summed E-state index contributed by atoms with van der Waals surface area (Å²) in [5, 5.41) is 5.43. The van der Waals surface area contributed by atoms with Crippen molar-refractivity contribution in [1.29, 1.82) is 0 Å². The quantitative estimate of drug-likeness (QED) is 0.489. The molecule has 0 saturated carbocycles. The van der Waals surface area contributed by atoms with Gasteiger partial charge < -0.3 is 19.8 Å². The first-order valence-corrected chi connectivity index (χ1v) is 10.8. The van der Waals surface area contributed by atoms with Gasteiger partial charge in [0.25, 0.3) is 0 Å². The van der Waals surface area contributed by atoms with E-state index in [2.05, 4.69) is 51.0 Å². The second-order valence-corrected chi connectivity index (χ2v) is 8.22. The minimum atomic E-state index is 0.422. The number of fused-ring (bicyclic) bond motifs is 1. The van der Waals surface area contributed by atoms with Gasteiger partial charge in [-0.05, 0) is 49.4 Å². The topological polar surface area (TPSA) is 61.2 Å². The van der Waals surface area contributed by atoms with E-state index in [0.717, 1.165) is 55.5 Å². The first kappa shape index (κ1) is 19.8. The van der Waals surface area contributed by atoms with Gasteiger partial charge in [0.15, 0.2) is 5.96 Å². The van der Waals surface area contributed by atoms with Crippen LogP contribution in [-0.4, -0.2) is 51.6 Å². The zero-order valence-corrected chi connectivity index (χ0v) is 17.9. The van der Waals surface area contributed by atoms with E-state index in [9.17, 15) is 0 Å². The maximum atomic E-state index is 6.18. The summed E-state index contributed by atoms with van der Waals surface area (Å²) >= 11 is 6.18. The lowest BCUT2D eigenvalue weighted by atomic mass is 9.93. The number of benzene rings is 1. The third-order valence-electron chi connectivity index (χ3n) is 5.83. The molecule has 3 heterocycles. The lowest BCUT2D eigenvalue weighted by molar-refractivity contribution is 0.189. The van der Waals surface area contributed by atoms with Crippen LogP contribution in [0.5, 0.6) is 0 Å². The average Bonchev–Trinajstić information content (AvgIpc) is 3.38. The summed E-state index contributed by atoms with van der Waals surface area (Å²) in [6.07, 6.45) is 9.95. The highest BCUT2D eigenvalue weighted by Crippen LogP contribution is 2.27. The zero-order valence-electron chi connectivity index (χ0n) is 17.1. The number of rotatable bonds is 5. The van der Waals surface area contributed by atoms with Crippen molar-refractivity contribution < 1.29 is 0 Å². The van der Waals surface area contributed by atoms with Crippen LogP contribution in [0.15, 0.2) is 48.1 Å². The molecule has 4 rings (SSSR count). The van der Waals surface area contributed by atoms with E-state index >= 15 is 0 Å². The Balaban J connectivity index is 1.46. The third-order valence-corrected chi connectivity index (χ3v) is 6.07. The number of imidazole rings is 1. The molecule has 0 spiro atoms. The Kier molecular flexibility index (Phi) is 6.09. The molecule has 0 bridgehead atoms. The standard InChI is InChI=1S/C22H29ClN6/c1-3-25-22(28-10-7-16(2)21(14-28)29-11-9-24-15-29)26-8-6-17-13-27-20-5-4-18(23)12-19(17)20/h4-5,9,11-13,15-16,21,27H,3,6-8,10,14H2,1-2H3,(H,25,26). The second-order valence-electron chi connectivity index (χ2n) is 7.78. The van der Waals surface area contributed by atoms with Crippen molar-refractivity contribution in [2.24, 2.45) is 10.9 Å². The predicted molar refractivity (Wildman–Crippen MR) is 120 cm³/mol. The number of piperidine rings is 1. The number of H-pyrrole nitrogens is 1. The first-order chi connectivity index (χ1) is 14.2. The lowest BCUT2D eigenvalue weighted by Crippen LogP contribution is -2.49. The number of guanidine groups is 1. The first-order valence-electron chi connectivity index (χ1n) is 10.4. The number of hydrogen-bond acceptors (Lipinski definition) is 2. The molecule has 2 N–H and O–H groups in total. The van der Waals surface area contributed by atoms with Crippen LogP contribution < -0.4 is 5.32 Å². The molecule has 2 unspecified atom stereocenters. The summed E-state index contributed by atoms with van der Waals surface area (Å²) in [6.45, 7) is 8.03. The lowest BCUT2D eigenvalue weighted by Gasteiger charge is -2.39. The number of nitrogens with one attached hydrogen (secondary N) is 2. The van der Waals surface area contributed by atoms with Gasteiger partial charge in [0.2, 0.25) is 0 Å². The SMILES string of the molecule is CCNC(=NCCc1c[nH]c2ccc(Cl)cc12)N1CCC(C)C(n2ccnc2)C1. The van der Waals surface area contributed by atoms with E-state index in [0.29, 0.717) is 12.0 Å². The molecule has 3 aromatic rings. The molecule has 1 saturated heterocycles. The van der Waals surface area contributed by atoms with Crippen LogP contribution in [0.4, 0.5) is 0 Å². The minimum Gasteiger partial charge on any atom is -0.361 e. The van der Waals surface area contributed by atoms with E-state index in [4.69, 9.17) is 16.6 Å². The van der Waals surface area contributed by atoms with Crippen molar-refractivity contribution in [3.63, 3.8) is 0 Å². The number of nitrogens with zero attached hydrogens (tertiary/aromatic N) is 4. The Labute approximate surface area is 177 Å². The van der Waals surface area contributed by atoms with Crippen LogP contribution in [0.3, 0.4) is 0 Å². The van der Waals surface area contributed by atoms with Gasteiger partial charge in [-0.1, -0.05) is 18.5 Å². The third kappa shape index (κ3) is 4.42. The fourth-order valence-electron chi connectivity index (χ4n) is 4.16. The maximum Gasteiger partial charge on any atom is 0.193 e. The van der Waals surface area contributed by atoms with Crippen LogP contribution in [0.1, 0.15) is 31.9 Å². The molecule has 0 amide bonds. The summed E-state index contributed by atoms with van der Waals surface area (Å²) in [6, 6.07) is 6.39. The van der Waals surface area contributed by atoms with Crippen molar-refractivity contribution in [1.82, 2.24) is 24.8 Å². The molecule has 0 radical (unpaired) electrons. The van der Waals surface area contributed by atoms with E-state index < -0.39 is 0 Å². The van der Waals surface area contributed by atoms with Crippen LogP contribution >= 0.6 is 11.6 Å². The minimum absolute atomic E-state index is 0.422. The number of aromatic amines is 1. The molecule has 2 aromatic heterocycles. The summed E-state index contributed by atoms with van der Waals surface area (Å²) in [7, 11) is 0. The molecule has 7 heteroatoms. The van der Waals surface area contributed by atoms with E-state index in [1.54, 1.807) is 0 Å². The van der Waals surface area contributed by atoms with Crippen LogP contribution in [0.25, 0.3) is 10.9 Å². The average molecular weight is 413 g/mol. The van der Waals surface area contributed by atoms with Crippen molar-refractivity contribution >= 4 is 28.5 Å². The highest BCUT2D eigenvalue weighted by Gasteiger charge is 2.28. The van der Waals surface area contributed by atoms with Gasteiger partial charge in [-0.3, -0.25) is 4.99 Å². The molecule has 2 atom stereocenters. The molecule has 1 aromatic carbocycles. The van der Waals surface area contributed by atoms with Crippen molar-refractivity contribution in [2.75, 3.05) is 26.2 Å². The zero-order chi connectivity index (χ0) is 20.2. The molecule has 1 aliphatic heterocycles. The highest BCUT2D eigenvalue weighted by atomic mass is 35.5. The predicted octanol–water partition coefficient (Wildman–Crippen LogP) is 4.11. The van der Waals surface area contributed by atoms with Gasteiger partial charge in [0, 0.05) is 60.7 Å². The van der Waals surface area contributed by atoms with Crippen molar-refractivity contribution in [3.8, 4) is 0 Å². The van der Waals surface area contributed by atoms with E-state index in [1.165, 1.54) is 10.9 Å². The molecule has 1 aliphatic rings. The summed E-state index contributed by atoms with van der Waals surface area (Å²) in [4.78, 5) is 14.9.